The van der Waals surface area contributed by atoms with E-state index in [1.165, 1.54) is 13.3 Å². The monoisotopic (exact) mass is 337 g/mol. The zero-order chi connectivity index (χ0) is 16.8. The summed E-state index contributed by atoms with van der Waals surface area (Å²) in [4.78, 5) is 22.2. The summed E-state index contributed by atoms with van der Waals surface area (Å²) in [6, 6.07) is 0. The van der Waals surface area contributed by atoms with E-state index in [0.29, 0.717) is 38.1 Å². The molecule has 2 aliphatic rings. The Morgan fingerprint density at radius 3 is 2.79 bits per heavy atom. The number of carbonyl (C=O) groups excluding carboxylic acids is 1. The van der Waals surface area contributed by atoms with E-state index in [4.69, 9.17) is 18.9 Å². The standard InChI is InChI=1S/C16H23N3O5/c1-21-14-9-17-10-15(18-14)23-13-3-2-6-19(11-13)16(20)24-12-4-7-22-8-5-12/h9-10,12-13H,2-8,11H2,1H3. The molecule has 1 aromatic rings. The first-order valence-corrected chi connectivity index (χ1v) is 8.30. The molecule has 0 aromatic carbocycles. The van der Waals surface area contributed by atoms with E-state index in [0.717, 1.165) is 25.7 Å². The molecule has 3 rings (SSSR count). The molecule has 0 radical (unpaired) electrons. The molecule has 1 amide bonds. The molecule has 0 aliphatic carbocycles. The van der Waals surface area contributed by atoms with Gasteiger partial charge >= 0.3 is 6.09 Å². The lowest BCUT2D eigenvalue weighted by Gasteiger charge is -2.33. The molecule has 1 atom stereocenters. The Labute approximate surface area is 141 Å². The average Bonchev–Trinajstić information content (AvgIpc) is 2.63. The van der Waals surface area contributed by atoms with Crippen molar-refractivity contribution in [1.82, 2.24) is 14.9 Å². The van der Waals surface area contributed by atoms with Crippen molar-refractivity contribution in [3.63, 3.8) is 0 Å². The third kappa shape index (κ3) is 4.47. The van der Waals surface area contributed by atoms with E-state index in [1.807, 2.05) is 0 Å². The van der Waals surface area contributed by atoms with E-state index >= 15 is 0 Å². The Balaban J connectivity index is 1.52. The second-order valence-corrected chi connectivity index (χ2v) is 5.92. The molecule has 3 heterocycles. The molecule has 8 nitrogen and oxygen atoms in total. The summed E-state index contributed by atoms with van der Waals surface area (Å²) in [5, 5.41) is 0. The largest absolute Gasteiger partial charge is 0.480 e. The minimum absolute atomic E-state index is 0.0446. The molecule has 2 fully saturated rings. The van der Waals surface area contributed by atoms with Crippen LogP contribution in [0, 0.1) is 0 Å². The molecule has 1 aromatic heterocycles. The molecule has 2 aliphatic heterocycles. The Kier molecular flexibility index (Phi) is 5.68. The molecule has 1 unspecified atom stereocenters. The number of amides is 1. The van der Waals surface area contributed by atoms with Gasteiger partial charge in [-0.25, -0.2) is 4.79 Å². The first-order valence-electron chi connectivity index (χ1n) is 8.30. The topological polar surface area (TPSA) is 83.0 Å². The van der Waals surface area contributed by atoms with Crippen molar-refractivity contribution < 1.29 is 23.7 Å². The highest BCUT2D eigenvalue weighted by Crippen LogP contribution is 2.20. The zero-order valence-electron chi connectivity index (χ0n) is 13.8. The summed E-state index contributed by atoms with van der Waals surface area (Å²) < 4.78 is 21.7. The van der Waals surface area contributed by atoms with Gasteiger partial charge in [0.2, 0.25) is 11.8 Å². The fraction of sp³-hybridized carbons (Fsp3) is 0.688. The van der Waals surface area contributed by atoms with Crippen molar-refractivity contribution in [1.29, 1.82) is 0 Å². The van der Waals surface area contributed by atoms with Gasteiger partial charge in [0.15, 0.2) is 0 Å². The fourth-order valence-corrected chi connectivity index (χ4v) is 2.87. The first-order chi connectivity index (χ1) is 11.7. The van der Waals surface area contributed by atoms with Gasteiger partial charge in [-0.2, -0.15) is 4.98 Å². The third-order valence-electron chi connectivity index (χ3n) is 4.16. The van der Waals surface area contributed by atoms with Gasteiger partial charge in [-0.1, -0.05) is 0 Å². The molecule has 24 heavy (non-hydrogen) atoms. The number of methoxy groups -OCH3 is 1. The second kappa shape index (κ2) is 8.14. The smallest absolute Gasteiger partial charge is 0.410 e. The van der Waals surface area contributed by atoms with E-state index < -0.39 is 0 Å². The van der Waals surface area contributed by atoms with Crippen LogP contribution in [0.5, 0.6) is 11.8 Å². The van der Waals surface area contributed by atoms with E-state index in [-0.39, 0.29) is 18.3 Å². The number of hydrogen-bond acceptors (Lipinski definition) is 7. The van der Waals surface area contributed by atoms with Crippen molar-refractivity contribution in [2.45, 2.75) is 37.9 Å². The van der Waals surface area contributed by atoms with Gasteiger partial charge < -0.3 is 23.8 Å². The SMILES string of the molecule is COc1cncc(OC2CCCN(C(=O)OC3CCOCC3)C2)n1. The number of hydrogen-bond donors (Lipinski definition) is 0. The van der Waals surface area contributed by atoms with Crippen LogP contribution >= 0.6 is 0 Å². The lowest BCUT2D eigenvalue weighted by Crippen LogP contribution is -2.46. The lowest BCUT2D eigenvalue weighted by molar-refractivity contribution is -0.0175. The summed E-state index contributed by atoms with van der Waals surface area (Å²) in [5.41, 5.74) is 0. The maximum Gasteiger partial charge on any atom is 0.410 e. The Bertz CT molecular complexity index is 550. The van der Waals surface area contributed by atoms with Crippen LogP contribution in [0.15, 0.2) is 12.4 Å². The van der Waals surface area contributed by atoms with Crippen molar-refractivity contribution in [3.8, 4) is 11.8 Å². The quantitative estimate of drug-likeness (QED) is 0.826. The molecule has 8 heteroatoms. The van der Waals surface area contributed by atoms with Crippen LogP contribution in [0.4, 0.5) is 4.79 Å². The molecular formula is C16H23N3O5. The Morgan fingerprint density at radius 2 is 2.00 bits per heavy atom. The molecule has 132 valence electrons. The van der Waals surface area contributed by atoms with Gasteiger partial charge in [0, 0.05) is 19.4 Å². The summed E-state index contributed by atoms with van der Waals surface area (Å²) in [6.07, 6.45) is 5.88. The third-order valence-corrected chi connectivity index (χ3v) is 4.16. The van der Waals surface area contributed by atoms with Gasteiger partial charge in [-0.05, 0) is 12.8 Å². The van der Waals surface area contributed by atoms with Gasteiger partial charge in [0.25, 0.3) is 0 Å². The summed E-state index contributed by atoms with van der Waals surface area (Å²) >= 11 is 0. The predicted molar refractivity (Wildman–Crippen MR) is 84.1 cm³/mol. The highest BCUT2D eigenvalue weighted by Gasteiger charge is 2.28. The number of nitrogens with zero attached hydrogens (tertiary/aromatic N) is 3. The molecule has 2 saturated heterocycles. The highest BCUT2D eigenvalue weighted by molar-refractivity contribution is 5.68. The van der Waals surface area contributed by atoms with Crippen LogP contribution in [0.2, 0.25) is 0 Å². The van der Waals surface area contributed by atoms with Crippen molar-refractivity contribution in [3.05, 3.63) is 12.4 Å². The normalized spacial score (nSPS) is 22.0. The summed E-state index contributed by atoms with van der Waals surface area (Å²) in [5.74, 6) is 0.804. The number of piperidine rings is 1. The van der Waals surface area contributed by atoms with Crippen LogP contribution in [0.3, 0.4) is 0 Å². The van der Waals surface area contributed by atoms with Crippen molar-refractivity contribution >= 4 is 6.09 Å². The number of aromatic nitrogens is 2. The van der Waals surface area contributed by atoms with E-state index in [2.05, 4.69) is 9.97 Å². The Morgan fingerprint density at radius 1 is 1.21 bits per heavy atom. The minimum Gasteiger partial charge on any atom is -0.480 e. The van der Waals surface area contributed by atoms with Crippen LogP contribution in [0.1, 0.15) is 25.7 Å². The molecule has 0 saturated carbocycles. The van der Waals surface area contributed by atoms with Crippen molar-refractivity contribution in [2.75, 3.05) is 33.4 Å². The van der Waals surface area contributed by atoms with Crippen LogP contribution in [-0.4, -0.2) is 66.6 Å². The number of rotatable bonds is 4. The van der Waals surface area contributed by atoms with Crippen molar-refractivity contribution in [2.24, 2.45) is 0 Å². The molecule has 0 spiro atoms. The van der Waals surface area contributed by atoms with E-state index in [9.17, 15) is 4.79 Å². The maximum absolute atomic E-state index is 12.3. The van der Waals surface area contributed by atoms with Crippen LogP contribution in [0.25, 0.3) is 0 Å². The van der Waals surface area contributed by atoms with Gasteiger partial charge in [0.1, 0.15) is 12.2 Å². The summed E-state index contributed by atoms with van der Waals surface area (Å²) in [7, 11) is 1.53. The van der Waals surface area contributed by atoms with Crippen LogP contribution < -0.4 is 9.47 Å². The molecule has 0 N–H and O–H groups in total. The van der Waals surface area contributed by atoms with E-state index in [1.54, 1.807) is 11.1 Å². The summed E-state index contributed by atoms with van der Waals surface area (Å²) in [6.45, 7) is 2.48. The average molecular weight is 337 g/mol. The second-order valence-electron chi connectivity index (χ2n) is 5.92. The highest BCUT2D eigenvalue weighted by atomic mass is 16.6. The zero-order valence-corrected chi connectivity index (χ0v) is 13.8. The lowest BCUT2D eigenvalue weighted by atomic mass is 10.1. The number of carbonyl (C=O) groups is 1. The Hall–Kier alpha value is -2.09. The van der Waals surface area contributed by atoms with Gasteiger partial charge in [-0.15, -0.1) is 0 Å². The number of ether oxygens (including phenoxy) is 4. The maximum atomic E-state index is 12.3. The first kappa shape index (κ1) is 16.8. The molecular weight excluding hydrogens is 314 g/mol. The van der Waals surface area contributed by atoms with Gasteiger partial charge in [0.05, 0.1) is 39.3 Å². The number of likely N-dealkylation sites (tertiary alicyclic amines) is 1. The predicted octanol–water partition coefficient (Wildman–Crippen LogP) is 1.64. The van der Waals surface area contributed by atoms with Crippen LogP contribution in [-0.2, 0) is 9.47 Å². The molecule has 0 bridgehead atoms. The fourth-order valence-electron chi connectivity index (χ4n) is 2.87. The van der Waals surface area contributed by atoms with Gasteiger partial charge in [-0.3, -0.25) is 4.98 Å². The minimum atomic E-state index is -0.271.